The molecule has 0 aromatic rings. The van der Waals surface area contributed by atoms with Crippen LogP contribution in [0, 0.1) is 11.8 Å². The van der Waals surface area contributed by atoms with Crippen LogP contribution >= 0.6 is 0 Å². The number of nitrogens with one attached hydrogen (secondary N) is 1. The minimum Gasteiger partial charge on any atom is -0.481 e. The Labute approximate surface area is 129 Å². The number of hydrogen-bond donors (Lipinski definition) is 2. The number of carboxylic acids is 1. The molecule has 0 fully saturated rings. The van der Waals surface area contributed by atoms with E-state index in [0.29, 0.717) is 12.5 Å². The zero-order valence-electron chi connectivity index (χ0n) is 14.3. The molecule has 0 aromatic carbocycles. The van der Waals surface area contributed by atoms with E-state index in [2.05, 4.69) is 33.0 Å². The van der Waals surface area contributed by atoms with Crippen LogP contribution in [0.15, 0.2) is 0 Å². The molecule has 1 atom stereocenters. The second-order valence-electron chi connectivity index (χ2n) is 6.41. The van der Waals surface area contributed by atoms with Gasteiger partial charge < -0.3 is 15.3 Å². The van der Waals surface area contributed by atoms with Crippen LogP contribution in [0.1, 0.15) is 60.8 Å². The molecule has 0 heterocycles. The first-order valence-electron chi connectivity index (χ1n) is 8.01. The fourth-order valence-corrected chi connectivity index (χ4v) is 2.40. The number of aliphatic carboxylic acids is 1. The molecular weight excluding hydrogens is 268 g/mol. The molecule has 0 radical (unpaired) electrons. The minimum atomic E-state index is -0.882. The van der Waals surface area contributed by atoms with Gasteiger partial charge in [0.05, 0.1) is 6.42 Å². The number of urea groups is 1. The lowest BCUT2D eigenvalue weighted by molar-refractivity contribution is -0.137. The maximum atomic E-state index is 12.6. The van der Waals surface area contributed by atoms with Gasteiger partial charge in [0, 0.05) is 18.6 Å². The quantitative estimate of drug-likeness (QED) is 0.686. The van der Waals surface area contributed by atoms with E-state index in [-0.39, 0.29) is 30.5 Å². The third-order valence-corrected chi connectivity index (χ3v) is 3.71. The van der Waals surface area contributed by atoms with Crippen molar-refractivity contribution in [3.63, 3.8) is 0 Å². The number of rotatable bonds is 9. The highest BCUT2D eigenvalue weighted by Gasteiger charge is 2.26. The molecule has 5 nitrogen and oxygen atoms in total. The molecule has 124 valence electrons. The van der Waals surface area contributed by atoms with Crippen LogP contribution in [-0.2, 0) is 4.79 Å². The van der Waals surface area contributed by atoms with Crippen LogP contribution < -0.4 is 5.32 Å². The molecule has 0 aromatic heterocycles. The van der Waals surface area contributed by atoms with Gasteiger partial charge in [-0.15, -0.1) is 0 Å². The van der Waals surface area contributed by atoms with Crippen molar-refractivity contribution in [3.05, 3.63) is 0 Å². The van der Waals surface area contributed by atoms with E-state index in [4.69, 9.17) is 5.11 Å². The fourth-order valence-electron chi connectivity index (χ4n) is 2.40. The van der Waals surface area contributed by atoms with Gasteiger partial charge in [0.25, 0.3) is 0 Å². The summed E-state index contributed by atoms with van der Waals surface area (Å²) in [6, 6.07) is -0.276. The van der Waals surface area contributed by atoms with E-state index < -0.39 is 5.97 Å². The van der Waals surface area contributed by atoms with Gasteiger partial charge in [-0.1, -0.05) is 41.5 Å². The van der Waals surface area contributed by atoms with Crippen molar-refractivity contribution in [3.8, 4) is 0 Å². The van der Waals surface area contributed by atoms with E-state index in [1.54, 1.807) is 0 Å². The molecular formula is C16H32N2O3. The summed E-state index contributed by atoms with van der Waals surface area (Å²) in [5, 5.41) is 11.9. The van der Waals surface area contributed by atoms with E-state index in [0.717, 1.165) is 12.8 Å². The summed E-state index contributed by atoms with van der Waals surface area (Å²) >= 11 is 0. The van der Waals surface area contributed by atoms with Gasteiger partial charge in [-0.3, -0.25) is 4.79 Å². The van der Waals surface area contributed by atoms with E-state index in [9.17, 15) is 9.59 Å². The largest absolute Gasteiger partial charge is 0.481 e. The normalized spacial score (nSPS) is 12.8. The number of amides is 2. The first-order valence-corrected chi connectivity index (χ1v) is 8.01. The molecule has 0 aliphatic rings. The predicted molar refractivity (Wildman–Crippen MR) is 85.3 cm³/mol. The minimum absolute atomic E-state index is 0.0398. The molecule has 5 heteroatoms. The van der Waals surface area contributed by atoms with Gasteiger partial charge in [-0.05, 0) is 24.7 Å². The van der Waals surface area contributed by atoms with Crippen LogP contribution in [0.3, 0.4) is 0 Å². The van der Waals surface area contributed by atoms with Crippen LogP contribution in [-0.4, -0.2) is 40.6 Å². The van der Waals surface area contributed by atoms with Crippen molar-refractivity contribution >= 4 is 12.0 Å². The van der Waals surface area contributed by atoms with Crippen molar-refractivity contribution in [2.75, 3.05) is 6.54 Å². The van der Waals surface area contributed by atoms with Gasteiger partial charge in [0.1, 0.15) is 0 Å². The summed E-state index contributed by atoms with van der Waals surface area (Å²) in [5.74, 6) is -0.409. The predicted octanol–water partition coefficient (Wildman–Crippen LogP) is 3.34. The molecule has 0 aliphatic carbocycles. The van der Waals surface area contributed by atoms with E-state index >= 15 is 0 Å². The number of hydrogen-bond acceptors (Lipinski definition) is 2. The maximum absolute atomic E-state index is 12.6. The molecule has 21 heavy (non-hydrogen) atoms. The Morgan fingerprint density at radius 2 is 1.62 bits per heavy atom. The van der Waals surface area contributed by atoms with Gasteiger partial charge in [-0.2, -0.15) is 0 Å². The summed E-state index contributed by atoms with van der Waals surface area (Å²) in [7, 11) is 0. The topological polar surface area (TPSA) is 69.6 Å². The summed E-state index contributed by atoms with van der Waals surface area (Å²) < 4.78 is 0. The number of carboxylic acid groups (broad SMARTS) is 1. The van der Waals surface area contributed by atoms with Crippen molar-refractivity contribution < 1.29 is 14.7 Å². The van der Waals surface area contributed by atoms with Crippen LogP contribution in [0.4, 0.5) is 4.79 Å². The van der Waals surface area contributed by atoms with Gasteiger partial charge in [-0.25, -0.2) is 4.79 Å². The molecule has 0 bridgehead atoms. The molecule has 0 aliphatic heterocycles. The van der Waals surface area contributed by atoms with Crippen molar-refractivity contribution in [2.24, 2.45) is 11.8 Å². The highest BCUT2D eigenvalue weighted by Crippen LogP contribution is 2.14. The van der Waals surface area contributed by atoms with Crippen molar-refractivity contribution in [1.82, 2.24) is 10.2 Å². The smallest absolute Gasteiger partial charge is 0.317 e. The Bertz CT molecular complexity index is 325. The Kier molecular flexibility index (Phi) is 9.06. The van der Waals surface area contributed by atoms with Gasteiger partial charge >= 0.3 is 12.0 Å². The zero-order valence-corrected chi connectivity index (χ0v) is 14.3. The highest BCUT2D eigenvalue weighted by molar-refractivity contribution is 5.76. The third-order valence-electron chi connectivity index (χ3n) is 3.71. The fraction of sp³-hybridized carbons (Fsp3) is 0.875. The SMILES string of the molecule is CCC(CC)N(CC(C)C)C(=O)NC(CC(=O)O)C(C)C. The number of carbonyl (C=O) groups excluding carboxylic acids is 1. The zero-order chi connectivity index (χ0) is 16.6. The van der Waals surface area contributed by atoms with Crippen LogP contribution in [0.5, 0.6) is 0 Å². The first kappa shape index (κ1) is 19.7. The third kappa shape index (κ3) is 7.34. The van der Waals surface area contributed by atoms with Crippen molar-refractivity contribution in [2.45, 2.75) is 72.9 Å². The average Bonchev–Trinajstić information content (AvgIpc) is 2.36. The lowest BCUT2D eigenvalue weighted by atomic mass is 10.0. The number of carbonyl (C=O) groups is 2. The molecule has 0 saturated carbocycles. The molecule has 1 unspecified atom stereocenters. The van der Waals surface area contributed by atoms with Crippen LogP contribution in [0.25, 0.3) is 0 Å². The summed E-state index contributed by atoms with van der Waals surface area (Å²) in [5.41, 5.74) is 0. The second kappa shape index (κ2) is 9.64. The Morgan fingerprint density at radius 1 is 1.10 bits per heavy atom. The summed E-state index contributed by atoms with van der Waals surface area (Å²) in [6.45, 7) is 12.9. The average molecular weight is 300 g/mol. The Balaban J connectivity index is 4.95. The van der Waals surface area contributed by atoms with Crippen molar-refractivity contribution in [1.29, 1.82) is 0 Å². The monoisotopic (exact) mass is 300 g/mol. The van der Waals surface area contributed by atoms with Crippen LogP contribution in [0.2, 0.25) is 0 Å². The highest BCUT2D eigenvalue weighted by atomic mass is 16.4. The first-order chi connectivity index (χ1) is 9.72. The lowest BCUT2D eigenvalue weighted by Gasteiger charge is -2.34. The number of nitrogens with zero attached hydrogens (tertiary/aromatic N) is 1. The molecule has 2 amide bonds. The maximum Gasteiger partial charge on any atom is 0.317 e. The standard InChI is InChI=1S/C16H32N2O3/c1-7-13(8-2)18(10-11(3)4)16(21)17-14(12(5)6)9-15(19)20/h11-14H,7-10H2,1-6H3,(H,17,21)(H,19,20). The lowest BCUT2D eigenvalue weighted by Crippen LogP contribution is -2.51. The molecule has 0 saturated heterocycles. The van der Waals surface area contributed by atoms with E-state index in [1.165, 1.54) is 0 Å². The summed E-state index contributed by atoms with van der Waals surface area (Å²) in [6.07, 6.45) is 1.77. The van der Waals surface area contributed by atoms with Gasteiger partial charge in [0.15, 0.2) is 0 Å². The Hall–Kier alpha value is -1.26. The molecule has 0 rings (SSSR count). The molecule has 0 spiro atoms. The molecule has 2 N–H and O–H groups in total. The Morgan fingerprint density at radius 3 is 1.95 bits per heavy atom. The van der Waals surface area contributed by atoms with E-state index in [1.807, 2.05) is 18.7 Å². The second-order valence-corrected chi connectivity index (χ2v) is 6.41. The summed E-state index contributed by atoms with van der Waals surface area (Å²) in [4.78, 5) is 25.3. The van der Waals surface area contributed by atoms with Gasteiger partial charge in [0.2, 0.25) is 0 Å².